The second-order valence-electron chi connectivity index (χ2n) is 4.01. The predicted molar refractivity (Wildman–Crippen MR) is 64.3 cm³/mol. The van der Waals surface area contributed by atoms with Gasteiger partial charge in [0.15, 0.2) is 0 Å². The highest BCUT2D eigenvalue weighted by Gasteiger charge is 2.19. The monoisotopic (exact) mass is 229 g/mol. The van der Waals surface area contributed by atoms with E-state index in [-0.39, 0.29) is 18.5 Å². The predicted octanol–water partition coefficient (Wildman–Crippen LogP) is 0.858. The van der Waals surface area contributed by atoms with Crippen molar-refractivity contribution in [1.29, 1.82) is 0 Å². The minimum absolute atomic E-state index is 0.0497. The Morgan fingerprint density at radius 3 is 2.00 bits per heavy atom. The first kappa shape index (κ1) is 14.7. The number of nitrogens with zero attached hydrogens (tertiary/aromatic N) is 3. The summed E-state index contributed by atoms with van der Waals surface area (Å²) < 4.78 is 0. The molecule has 94 valence electrons. The van der Waals surface area contributed by atoms with Crippen LogP contribution in [0.15, 0.2) is 0 Å². The third-order valence-corrected chi connectivity index (χ3v) is 2.39. The first-order chi connectivity index (χ1) is 7.43. The zero-order valence-electron chi connectivity index (χ0n) is 11.0. The highest BCUT2D eigenvalue weighted by molar-refractivity contribution is 5.83. The number of likely N-dealkylation sites (N-methyl/N-ethyl adjacent to an activating group) is 1. The molecule has 16 heavy (non-hydrogen) atoms. The van der Waals surface area contributed by atoms with Crippen molar-refractivity contribution < 1.29 is 9.59 Å². The molecule has 0 heterocycles. The standard InChI is InChI=1S/C11H23N3O2/c1-6-8-14(9-10(15)12(3)4)11(16)13(5)7-2/h6-9H2,1-5H3. The number of urea groups is 1. The van der Waals surface area contributed by atoms with E-state index in [4.69, 9.17) is 0 Å². The van der Waals surface area contributed by atoms with Gasteiger partial charge in [-0.1, -0.05) is 6.92 Å². The summed E-state index contributed by atoms with van der Waals surface area (Å²) in [5, 5.41) is 0. The van der Waals surface area contributed by atoms with Crippen LogP contribution in [0.1, 0.15) is 20.3 Å². The summed E-state index contributed by atoms with van der Waals surface area (Å²) in [6, 6.07) is -0.0837. The van der Waals surface area contributed by atoms with Crippen molar-refractivity contribution in [1.82, 2.24) is 14.7 Å². The van der Waals surface area contributed by atoms with Crippen molar-refractivity contribution in [2.45, 2.75) is 20.3 Å². The summed E-state index contributed by atoms with van der Waals surface area (Å²) in [5.74, 6) is -0.0497. The zero-order chi connectivity index (χ0) is 12.7. The van der Waals surface area contributed by atoms with Crippen molar-refractivity contribution >= 4 is 11.9 Å². The smallest absolute Gasteiger partial charge is 0.320 e. The van der Waals surface area contributed by atoms with Gasteiger partial charge in [0.25, 0.3) is 0 Å². The van der Waals surface area contributed by atoms with Gasteiger partial charge in [-0.15, -0.1) is 0 Å². The lowest BCUT2D eigenvalue weighted by Crippen LogP contribution is -2.46. The molecule has 0 aromatic rings. The molecule has 3 amide bonds. The normalized spacial score (nSPS) is 9.81. The molecule has 5 nitrogen and oxygen atoms in total. The Labute approximate surface area is 98.0 Å². The Morgan fingerprint density at radius 2 is 1.62 bits per heavy atom. The molecule has 0 N–H and O–H groups in total. The van der Waals surface area contributed by atoms with Gasteiger partial charge in [0, 0.05) is 34.2 Å². The number of amides is 3. The van der Waals surface area contributed by atoms with Crippen LogP contribution in [-0.2, 0) is 4.79 Å². The minimum atomic E-state index is -0.0837. The molecule has 0 saturated carbocycles. The van der Waals surface area contributed by atoms with E-state index in [0.717, 1.165) is 6.42 Å². The van der Waals surface area contributed by atoms with Gasteiger partial charge >= 0.3 is 6.03 Å². The molecule has 0 bridgehead atoms. The molecule has 0 unspecified atom stereocenters. The second-order valence-corrected chi connectivity index (χ2v) is 4.01. The molecule has 0 rings (SSSR count). The maximum Gasteiger partial charge on any atom is 0.320 e. The number of hydrogen-bond acceptors (Lipinski definition) is 2. The second kappa shape index (κ2) is 7.09. The first-order valence-electron chi connectivity index (χ1n) is 5.64. The Bertz CT molecular complexity index is 241. The Kier molecular flexibility index (Phi) is 6.53. The summed E-state index contributed by atoms with van der Waals surface area (Å²) >= 11 is 0. The van der Waals surface area contributed by atoms with E-state index < -0.39 is 0 Å². The molecule has 0 atom stereocenters. The summed E-state index contributed by atoms with van der Waals surface area (Å²) in [6.45, 7) is 5.32. The van der Waals surface area contributed by atoms with Gasteiger partial charge in [-0.25, -0.2) is 4.79 Å². The number of hydrogen-bond donors (Lipinski definition) is 0. The maximum absolute atomic E-state index is 11.9. The fraction of sp³-hybridized carbons (Fsp3) is 0.818. The van der Waals surface area contributed by atoms with E-state index in [0.29, 0.717) is 13.1 Å². The van der Waals surface area contributed by atoms with Gasteiger partial charge in [0.1, 0.15) is 6.54 Å². The van der Waals surface area contributed by atoms with E-state index in [1.54, 1.807) is 30.9 Å². The highest BCUT2D eigenvalue weighted by Crippen LogP contribution is 1.99. The van der Waals surface area contributed by atoms with Crippen LogP contribution in [0, 0.1) is 0 Å². The van der Waals surface area contributed by atoms with E-state index in [1.807, 2.05) is 13.8 Å². The van der Waals surface area contributed by atoms with E-state index in [9.17, 15) is 9.59 Å². The Balaban J connectivity index is 4.48. The molecular formula is C11H23N3O2. The number of carbonyl (C=O) groups is 2. The third kappa shape index (κ3) is 4.51. The van der Waals surface area contributed by atoms with Crippen LogP contribution in [-0.4, -0.2) is 67.4 Å². The fourth-order valence-electron chi connectivity index (χ4n) is 1.19. The molecule has 0 spiro atoms. The fourth-order valence-corrected chi connectivity index (χ4v) is 1.19. The van der Waals surface area contributed by atoms with Crippen molar-refractivity contribution in [3.05, 3.63) is 0 Å². The lowest BCUT2D eigenvalue weighted by atomic mass is 10.4. The Morgan fingerprint density at radius 1 is 1.06 bits per heavy atom. The SMILES string of the molecule is CCCN(CC(=O)N(C)C)C(=O)N(C)CC. The van der Waals surface area contributed by atoms with Gasteiger partial charge < -0.3 is 14.7 Å². The lowest BCUT2D eigenvalue weighted by molar-refractivity contribution is -0.129. The minimum Gasteiger partial charge on any atom is -0.347 e. The first-order valence-corrected chi connectivity index (χ1v) is 5.64. The van der Waals surface area contributed by atoms with Crippen LogP contribution >= 0.6 is 0 Å². The maximum atomic E-state index is 11.9. The van der Waals surface area contributed by atoms with Crippen LogP contribution in [0.25, 0.3) is 0 Å². The van der Waals surface area contributed by atoms with Gasteiger partial charge in [0.05, 0.1) is 0 Å². The average Bonchev–Trinajstić information content (AvgIpc) is 2.26. The van der Waals surface area contributed by atoms with Crippen LogP contribution in [0.4, 0.5) is 4.79 Å². The van der Waals surface area contributed by atoms with Crippen molar-refractivity contribution in [3.8, 4) is 0 Å². The van der Waals surface area contributed by atoms with Crippen LogP contribution < -0.4 is 0 Å². The van der Waals surface area contributed by atoms with E-state index >= 15 is 0 Å². The topological polar surface area (TPSA) is 43.9 Å². The summed E-state index contributed by atoms with van der Waals surface area (Å²) in [6.07, 6.45) is 0.851. The Hall–Kier alpha value is -1.26. The third-order valence-electron chi connectivity index (χ3n) is 2.39. The largest absolute Gasteiger partial charge is 0.347 e. The molecule has 0 aromatic heterocycles. The number of carbonyl (C=O) groups excluding carboxylic acids is 2. The van der Waals surface area contributed by atoms with E-state index in [1.165, 1.54) is 4.90 Å². The van der Waals surface area contributed by atoms with Gasteiger partial charge in [0.2, 0.25) is 5.91 Å². The van der Waals surface area contributed by atoms with Gasteiger partial charge in [-0.05, 0) is 13.3 Å². The van der Waals surface area contributed by atoms with Crippen LogP contribution in [0.3, 0.4) is 0 Å². The molecule has 0 aliphatic heterocycles. The van der Waals surface area contributed by atoms with Crippen molar-refractivity contribution in [3.63, 3.8) is 0 Å². The van der Waals surface area contributed by atoms with Crippen molar-refractivity contribution in [2.75, 3.05) is 40.8 Å². The molecule has 0 fully saturated rings. The summed E-state index contributed by atoms with van der Waals surface area (Å²) in [7, 11) is 5.13. The quantitative estimate of drug-likeness (QED) is 0.702. The van der Waals surface area contributed by atoms with E-state index in [2.05, 4.69) is 0 Å². The molecule has 0 saturated heterocycles. The molecule has 0 radical (unpaired) electrons. The lowest BCUT2D eigenvalue weighted by Gasteiger charge is -2.27. The molecular weight excluding hydrogens is 206 g/mol. The molecule has 0 aliphatic rings. The highest BCUT2D eigenvalue weighted by atomic mass is 16.2. The summed E-state index contributed by atoms with van der Waals surface area (Å²) in [5.41, 5.74) is 0. The summed E-state index contributed by atoms with van der Waals surface area (Å²) in [4.78, 5) is 28.2. The molecule has 0 aromatic carbocycles. The van der Waals surface area contributed by atoms with Crippen LogP contribution in [0.5, 0.6) is 0 Å². The van der Waals surface area contributed by atoms with Gasteiger partial charge in [-0.2, -0.15) is 0 Å². The van der Waals surface area contributed by atoms with Crippen LogP contribution in [0.2, 0.25) is 0 Å². The molecule has 0 aliphatic carbocycles. The zero-order valence-corrected chi connectivity index (χ0v) is 11.0. The average molecular weight is 229 g/mol. The molecule has 5 heteroatoms. The number of rotatable bonds is 5. The van der Waals surface area contributed by atoms with Gasteiger partial charge in [-0.3, -0.25) is 4.79 Å². The van der Waals surface area contributed by atoms with Crippen molar-refractivity contribution in [2.24, 2.45) is 0 Å².